The van der Waals surface area contributed by atoms with Crippen molar-refractivity contribution in [3.05, 3.63) is 56.0 Å². The zero-order valence-electron chi connectivity index (χ0n) is 18.3. The largest absolute Gasteiger partial charge is 0.339 e. The molecule has 1 aliphatic heterocycles. The lowest BCUT2D eigenvalue weighted by Gasteiger charge is -2.34. The molecule has 0 saturated carbocycles. The monoisotopic (exact) mass is 490 g/mol. The van der Waals surface area contributed by atoms with Gasteiger partial charge in [-0.3, -0.25) is 19.1 Å². The molecule has 2 aromatic heterocycles. The van der Waals surface area contributed by atoms with E-state index in [9.17, 15) is 9.59 Å². The van der Waals surface area contributed by atoms with E-state index in [4.69, 9.17) is 16.6 Å². The van der Waals surface area contributed by atoms with Crippen LogP contribution in [-0.2, 0) is 17.9 Å². The van der Waals surface area contributed by atoms with E-state index in [1.807, 2.05) is 4.90 Å². The third-order valence-electron chi connectivity index (χ3n) is 5.44. The van der Waals surface area contributed by atoms with Gasteiger partial charge in [0.15, 0.2) is 5.16 Å². The topological polar surface area (TPSA) is 58.4 Å². The zero-order chi connectivity index (χ0) is 22.7. The summed E-state index contributed by atoms with van der Waals surface area (Å²) in [6.07, 6.45) is 0. The molecule has 32 heavy (non-hydrogen) atoms. The lowest BCUT2D eigenvalue weighted by atomic mass is 10.2. The van der Waals surface area contributed by atoms with E-state index in [0.717, 1.165) is 32.7 Å². The van der Waals surface area contributed by atoms with Crippen LogP contribution < -0.4 is 5.56 Å². The van der Waals surface area contributed by atoms with Gasteiger partial charge in [0.25, 0.3) is 5.56 Å². The quantitative estimate of drug-likeness (QED) is 0.367. The Hall–Kier alpha value is -1.87. The zero-order valence-corrected chi connectivity index (χ0v) is 20.7. The third-order valence-corrected chi connectivity index (χ3v) is 7.50. The summed E-state index contributed by atoms with van der Waals surface area (Å²) < 4.78 is 1.68. The standard InChI is InChI=1S/C23H27ClN4O2S2/c1-16(2)13-28-22(30)19-12-17(24)5-6-20(19)25-23(28)32-15-21(29)27-9-7-26(8-10-27)14-18-4-3-11-31-18/h3-6,11-12,16H,7-10,13-15H2,1-2H3. The third kappa shape index (κ3) is 5.54. The number of nitrogens with zero attached hydrogens (tertiary/aromatic N) is 4. The molecule has 1 fully saturated rings. The van der Waals surface area contributed by atoms with Crippen LogP contribution in [0.3, 0.4) is 0 Å². The number of halogens is 1. The van der Waals surface area contributed by atoms with Gasteiger partial charge in [0.1, 0.15) is 0 Å². The Kier molecular flexibility index (Phi) is 7.55. The first-order chi connectivity index (χ1) is 15.4. The summed E-state index contributed by atoms with van der Waals surface area (Å²) in [7, 11) is 0. The summed E-state index contributed by atoms with van der Waals surface area (Å²) in [5, 5.41) is 3.71. The Labute approximate surface area is 201 Å². The number of aromatic nitrogens is 2. The Morgan fingerprint density at radius 2 is 2.00 bits per heavy atom. The van der Waals surface area contributed by atoms with Crippen LogP contribution >= 0.6 is 34.7 Å². The molecule has 4 rings (SSSR count). The van der Waals surface area contributed by atoms with Crippen molar-refractivity contribution >= 4 is 51.5 Å². The second-order valence-electron chi connectivity index (χ2n) is 8.39. The molecular formula is C23H27ClN4O2S2. The van der Waals surface area contributed by atoms with Crippen molar-refractivity contribution in [3.63, 3.8) is 0 Å². The number of thiophene rings is 1. The van der Waals surface area contributed by atoms with Crippen molar-refractivity contribution in [1.82, 2.24) is 19.4 Å². The highest BCUT2D eigenvalue weighted by molar-refractivity contribution is 7.99. The fourth-order valence-electron chi connectivity index (χ4n) is 3.80. The fraction of sp³-hybridized carbons (Fsp3) is 0.435. The summed E-state index contributed by atoms with van der Waals surface area (Å²) in [5.74, 6) is 0.638. The van der Waals surface area contributed by atoms with Crippen molar-refractivity contribution in [2.24, 2.45) is 5.92 Å². The molecule has 0 spiro atoms. The number of benzene rings is 1. The van der Waals surface area contributed by atoms with Crippen molar-refractivity contribution in [2.45, 2.75) is 32.1 Å². The Balaban J connectivity index is 1.42. The second kappa shape index (κ2) is 10.4. The molecule has 1 amide bonds. The van der Waals surface area contributed by atoms with Gasteiger partial charge >= 0.3 is 0 Å². The van der Waals surface area contributed by atoms with Crippen LogP contribution in [0.4, 0.5) is 0 Å². The van der Waals surface area contributed by atoms with Crippen LogP contribution in [0.15, 0.2) is 45.7 Å². The molecule has 0 bridgehead atoms. The van der Waals surface area contributed by atoms with Gasteiger partial charge in [-0.25, -0.2) is 4.98 Å². The summed E-state index contributed by atoms with van der Waals surface area (Å²) in [5.41, 5.74) is 0.500. The predicted molar refractivity (Wildman–Crippen MR) is 133 cm³/mol. The van der Waals surface area contributed by atoms with E-state index in [-0.39, 0.29) is 23.1 Å². The number of carbonyl (C=O) groups excluding carboxylic acids is 1. The minimum absolute atomic E-state index is 0.0901. The predicted octanol–water partition coefficient (Wildman–Crippen LogP) is 4.20. The Bertz CT molecular complexity index is 1140. The Morgan fingerprint density at radius 1 is 1.22 bits per heavy atom. The van der Waals surface area contributed by atoms with Gasteiger partial charge in [0, 0.05) is 49.2 Å². The van der Waals surface area contributed by atoms with Gasteiger partial charge in [0.2, 0.25) is 5.91 Å². The van der Waals surface area contributed by atoms with Gasteiger partial charge in [-0.1, -0.05) is 43.3 Å². The molecule has 9 heteroatoms. The van der Waals surface area contributed by atoms with Crippen molar-refractivity contribution in [1.29, 1.82) is 0 Å². The lowest BCUT2D eigenvalue weighted by Crippen LogP contribution is -2.48. The molecule has 170 valence electrons. The number of thioether (sulfide) groups is 1. The van der Waals surface area contributed by atoms with E-state index in [2.05, 4.69) is 36.3 Å². The van der Waals surface area contributed by atoms with E-state index in [0.29, 0.717) is 27.6 Å². The number of hydrogen-bond acceptors (Lipinski definition) is 6. The van der Waals surface area contributed by atoms with Crippen molar-refractivity contribution in [3.8, 4) is 0 Å². The van der Waals surface area contributed by atoms with Crippen LogP contribution in [0.25, 0.3) is 10.9 Å². The number of rotatable bonds is 7. The van der Waals surface area contributed by atoms with Gasteiger partial charge in [0.05, 0.1) is 16.7 Å². The molecule has 0 unspecified atom stereocenters. The average Bonchev–Trinajstić information content (AvgIpc) is 3.28. The highest BCUT2D eigenvalue weighted by atomic mass is 35.5. The molecule has 0 atom stereocenters. The molecule has 1 aliphatic rings. The maximum absolute atomic E-state index is 13.1. The smallest absolute Gasteiger partial charge is 0.262 e. The fourth-order valence-corrected chi connectivity index (χ4v) is 5.63. The number of hydrogen-bond donors (Lipinski definition) is 0. The summed E-state index contributed by atoms with van der Waals surface area (Å²) in [6.45, 7) is 8.82. The maximum Gasteiger partial charge on any atom is 0.262 e. The van der Waals surface area contributed by atoms with E-state index in [1.54, 1.807) is 34.1 Å². The normalized spacial score (nSPS) is 15.1. The number of carbonyl (C=O) groups is 1. The minimum atomic E-state index is -0.108. The Morgan fingerprint density at radius 3 is 2.69 bits per heavy atom. The molecule has 0 aliphatic carbocycles. The van der Waals surface area contributed by atoms with Crippen LogP contribution in [0, 0.1) is 5.92 Å². The molecule has 6 nitrogen and oxygen atoms in total. The lowest BCUT2D eigenvalue weighted by molar-refractivity contribution is -0.130. The summed E-state index contributed by atoms with van der Waals surface area (Å²) in [4.78, 5) is 36.3. The summed E-state index contributed by atoms with van der Waals surface area (Å²) in [6, 6.07) is 9.39. The van der Waals surface area contributed by atoms with E-state index < -0.39 is 0 Å². The van der Waals surface area contributed by atoms with Gasteiger partial charge in [-0.2, -0.15) is 0 Å². The molecule has 1 aromatic carbocycles. The molecule has 3 aromatic rings. The van der Waals surface area contributed by atoms with Gasteiger partial charge in [-0.05, 0) is 35.6 Å². The second-order valence-corrected chi connectivity index (χ2v) is 10.8. The van der Waals surface area contributed by atoms with Gasteiger partial charge < -0.3 is 4.90 Å². The number of amides is 1. The number of piperazine rings is 1. The summed E-state index contributed by atoms with van der Waals surface area (Å²) >= 11 is 9.21. The van der Waals surface area contributed by atoms with Crippen LogP contribution in [0.2, 0.25) is 5.02 Å². The first-order valence-electron chi connectivity index (χ1n) is 10.8. The van der Waals surface area contributed by atoms with Crippen LogP contribution in [0.5, 0.6) is 0 Å². The number of fused-ring (bicyclic) bond motifs is 1. The maximum atomic E-state index is 13.1. The minimum Gasteiger partial charge on any atom is -0.339 e. The molecular weight excluding hydrogens is 464 g/mol. The van der Waals surface area contributed by atoms with E-state index >= 15 is 0 Å². The molecule has 0 radical (unpaired) electrons. The molecule has 3 heterocycles. The highest BCUT2D eigenvalue weighted by Crippen LogP contribution is 2.22. The van der Waals surface area contributed by atoms with Crippen molar-refractivity contribution < 1.29 is 4.79 Å². The molecule has 1 saturated heterocycles. The van der Waals surface area contributed by atoms with Crippen LogP contribution in [0.1, 0.15) is 18.7 Å². The average molecular weight is 491 g/mol. The van der Waals surface area contributed by atoms with E-state index in [1.165, 1.54) is 16.6 Å². The first-order valence-corrected chi connectivity index (χ1v) is 13.0. The van der Waals surface area contributed by atoms with Crippen LogP contribution in [-0.4, -0.2) is 57.2 Å². The van der Waals surface area contributed by atoms with Crippen molar-refractivity contribution in [2.75, 3.05) is 31.9 Å². The first kappa shape index (κ1) is 23.3. The SMILES string of the molecule is CC(C)Cn1c(SCC(=O)N2CCN(Cc3cccs3)CC2)nc2ccc(Cl)cc2c1=O. The molecule has 0 N–H and O–H groups in total. The van der Waals surface area contributed by atoms with Gasteiger partial charge in [-0.15, -0.1) is 11.3 Å². The highest BCUT2D eigenvalue weighted by Gasteiger charge is 2.22.